The van der Waals surface area contributed by atoms with Crippen LogP contribution in [0.3, 0.4) is 0 Å². The Hall–Kier alpha value is -2.11. The van der Waals surface area contributed by atoms with Crippen LogP contribution >= 0.6 is 0 Å². The molecule has 0 bridgehead atoms. The summed E-state index contributed by atoms with van der Waals surface area (Å²) in [5.41, 5.74) is 4.30. The summed E-state index contributed by atoms with van der Waals surface area (Å²) in [5, 5.41) is 9.49. The predicted octanol–water partition coefficient (Wildman–Crippen LogP) is 1.76. The summed E-state index contributed by atoms with van der Waals surface area (Å²) in [6, 6.07) is 3.90. The number of halogens is 1. The molecule has 1 aromatic carbocycles. The van der Waals surface area contributed by atoms with Crippen molar-refractivity contribution >= 4 is 17.6 Å². The number of carboxylic acids is 1. The van der Waals surface area contributed by atoms with Crippen molar-refractivity contribution in [2.75, 3.05) is 11.4 Å². The molecule has 1 fully saturated rings. The first-order valence-electron chi connectivity index (χ1n) is 6.53. The van der Waals surface area contributed by atoms with Crippen LogP contribution in [0.5, 0.6) is 0 Å². The third-order valence-electron chi connectivity index (χ3n) is 3.99. The van der Waals surface area contributed by atoms with E-state index in [2.05, 4.69) is 0 Å². The van der Waals surface area contributed by atoms with E-state index in [1.165, 1.54) is 12.1 Å². The van der Waals surface area contributed by atoms with Gasteiger partial charge in [-0.3, -0.25) is 4.79 Å². The highest BCUT2D eigenvalue weighted by Gasteiger charge is 2.47. The molecule has 0 aliphatic carbocycles. The summed E-state index contributed by atoms with van der Waals surface area (Å²) in [7, 11) is 0. The van der Waals surface area contributed by atoms with Crippen LogP contribution in [0, 0.1) is 5.82 Å². The zero-order valence-corrected chi connectivity index (χ0v) is 11.2. The molecule has 1 amide bonds. The first-order chi connectivity index (χ1) is 9.42. The lowest BCUT2D eigenvalue weighted by Gasteiger charge is -2.35. The highest BCUT2D eigenvalue weighted by atomic mass is 19.1. The Bertz CT molecular complexity index is 561. The zero-order chi connectivity index (χ0) is 14.9. The van der Waals surface area contributed by atoms with Gasteiger partial charge in [0.15, 0.2) is 0 Å². The average molecular weight is 280 g/mol. The molecule has 2 rings (SSSR count). The number of hydrogen-bond acceptors (Lipinski definition) is 3. The predicted molar refractivity (Wildman–Crippen MR) is 72.2 cm³/mol. The van der Waals surface area contributed by atoms with Crippen LogP contribution in [-0.4, -0.2) is 29.1 Å². The second-order valence-corrected chi connectivity index (χ2v) is 4.98. The minimum absolute atomic E-state index is 0.0721. The lowest BCUT2D eigenvalue weighted by atomic mass is 9.92. The molecule has 0 radical (unpaired) electrons. The number of benzene rings is 1. The topological polar surface area (TPSA) is 83.6 Å². The number of nitrogens with two attached hydrogens (primary N) is 1. The first kappa shape index (κ1) is 14.3. The Morgan fingerprint density at radius 3 is 2.70 bits per heavy atom. The molecule has 5 nitrogen and oxygen atoms in total. The summed E-state index contributed by atoms with van der Waals surface area (Å²) in [6.07, 6.45) is 1.56. The first-order valence-corrected chi connectivity index (χ1v) is 6.53. The van der Waals surface area contributed by atoms with E-state index in [9.17, 15) is 19.1 Å². The molecular formula is C14H17FN2O3. The molecule has 1 saturated heterocycles. The van der Waals surface area contributed by atoms with Crippen LogP contribution in [0.25, 0.3) is 0 Å². The van der Waals surface area contributed by atoms with E-state index in [1.54, 1.807) is 11.8 Å². The molecule has 0 spiro atoms. The maximum Gasteiger partial charge on any atom is 0.329 e. The molecule has 0 saturated carbocycles. The number of primary amides is 1. The highest BCUT2D eigenvalue weighted by molar-refractivity contribution is 5.93. The van der Waals surface area contributed by atoms with Crippen molar-refractivity contribution in [3.63, 3.8) is 0 Å². The quantitative estimate of drug-likeness (QED) is 0.880. The van der Waals surface area contributed by atoms with Gasteiger partial charge in [0.25, 0.3) is 0 Å². The molecule has 108 valence electrons. The van der Waals surface area contributed by atoms with Gasteiger partial charge in [-0.2, -0.15) is 0 Å². The number of carbonyl (C=O) groups is 2. The summed E-state index contributed by atoms with van der Waals surface area (Å²) in [5.74, 6) is -2.28. The number of hydrogen-bond donors (Lipinski definition) is 2. The van der Waals surface area contributed by atoms with Gasteiger partial charge in [0.05, 0.1) is 5.69 Å². The van der Waals surface area contributed by atoms with E-state index in [0.717, 1.165) is 6.07 Å². The van der Waals surface area contributed by atoms with E-state index in [4.69, 9.17) is 5.73 Å². The monoisotopic (exact) mass is 280 g/mol. The Balaban J connectivity index is 2.45. The van der Waals surface area contributed by atoms with Gasteiger partial charge in [-0.05, 0) is 37.5 Å². The van der Waals surface area contributed by atoms with Crippen molar-refractivity contribution in [3.8, 4) is 0 Å². The fraction of sp³-hybridized carbons (Fsp3) is 0.429. The Morgan fingerprint density at radius 1 is 1.50 bits per heavy atom. The van der Waals surface area contributed by atoms with Gasteiger partial charge in [-0.1, -0.05) is 6.92 Å². The molecule has 20 heavy (non-hydrogen) atoms. The summed E-state index contributed by atoms with van der Waals surface area (Å²) < 4.78 is 14.2. The minimum Gasteiger partial charge on any atom is -0.479 e. The number of aliphatic carboxylic acids is 1. The van der Waals surface area contributed by atoms with E-state index in [0.29, 0.717) is 25.8 Å². The normalized spacial score (nSPS) is 22.0. The van der Waals surface area contributed by atoms with Crippen molar-refractivity contribution in [3.05, 3.63) is 29.6 Å². The van der Waals surface area contributed by atoms with E-state index in [1.807, 2.05) is 0 Å². The summed E-state index contributed by atoms with van der Waals surface area (Å²) in [6.45, 7) is 2.26. The summed E-state index contributed by atoms with van der Waals surface area (Å²) >= 11 is 0. The molecule has 1 atom stereocenters. The highest BCUT2D eigenvalue weighted by Crippen LogP contribution is 2.38. The molecule has 1 aromatic rings. The number of anilines is 1. The fourth-order valence-electron chi connectivity index (χ4n) is 2.85. The fourth-order valence-corrected chi connectivity index (χ4v) is 2.85. The second kappa shape index (κ2) is 5.11. The van der Waals surface area contributed by atoms with Crippen molar-refractivity contribution in [1.29, 1.82) is 0 Å². The van der Waals surface area contributed by atoms with Gasteiger partial charge in [-0.25, -0.2) is 9.18 Å². The zero-order valence-electron chi connectivity index (χ0n) is 11.2. The van der Waals surface area contributed by atoms with E-state index in [-0.39, 0.29) is 11.3 Å². The van der Waals surface area contributed by atoms with E-state index < -0.39 is 23.2 Å². The molecule has 1 aliphatic rings. The third-order valence-corrected chi connectivity index (χ3v) is 3.99. The molecule has 0 aromatic heterocycles. The Kier molecular flexibility index (Phi) is 3.65. The Labute approximate surface area is 116 Å². The van der Waals surface area contributed by atoms with Crippen LogP contribution < -0.4 is 10.6 Å². The lowest BCUT2D eigenvalue weighted by molar-refractivity contribution is -0.143. The van der Waals surface area contributed by atoms with Crippen LogP contribution in [0.1, 0.15) is 36.5 Å². The van der Waals surface area contributed by atoms with Gasteiger partial charge in [-0.15, -0.1) is 0 Å². The van der Waals surface area contributed by atoms with Crippen molar-refractivity contribution in [1.82, 2.24) is 0 Å². The number of amides is 1. The number of carboxylic acid groups (broad SMARTS) is 1. The van der Waals surface area contributed by atoms with Gasteiger partial charge in [0.2, 0.25) is 5.91 Å². The third kappa shape index (κ3) is 2.11. The van der Waals surface area contributed by atoms with Crippen LogP contribution in [-0.2, 0) is 4.79 Å². The number of nitrogens with zero attached hydrogens (tertiary/aromatic N) is 1. The van der Waals surface area contributed by atoms with Crippen molar-refractivity contribution in [2.24, 2.45) is 5.73 Å². The van der Waals surface area contributed by atoms with Gasteiger partial charge in [0, 0.05) is 12.1 Å². The maximum atomic E-state index is 14.2. The molecule has 1 unspecified atom stereocenters. The van der Waals surface area contributed by atoms with Crippen LogP contribution in [0.15, 0.2) is 18.2 Å². The second-order valence-electron chi connectivity index (χ2n) is 4.98. The van der Waals surface area contributed by atoms with Crippen molar-refractivity contribution < 1.29 is 19.1 Å². The SMILES string of the molecule is CCC1(C(=O)O)CCCN1c1ccc(C(N)=O)cc1F. The average Bonchev–Trinajstić information content (AvgIpc) is 2.83. The largest absolute Gasteiger partial charge is 0.479 e. The number of rotatable bonds is 4. The molecule has 1 aliphatic heterocycles. The maximum absolute atomic E-state index is 14.2. The smallest absolute Gasteiger partial charge is 0.329 e. The molecular weight excluding hydrogens is 263 g/mol. The molecule has 3 N–H and O–H groups in total. The van der Waals surface area contributed by atoms with Gasteiger partial charge < -0.3 is 15.7 Å². The van der Waals surface area contributed by atoms with Crippen molar-refractivity contribution in [2.45, 2.75) is 31.7 Å². The lowest BCUT2D eigenvalue weighted by Crippen LogP contribution is -2.50. The van der Waals surface area contributed by atoms with Gasteiger partial charge >= 0.3 is 5.97 Å². The van der Waals surface area contributed by atoms with Crippen LogP contribution in [0.2, 0.25) is 0 Å². The van der Waals surface area contributed by atoms with Crippen LogP contribution in [0.4, 0.5) is 10.1 Å². The standard InChI is InChI=1S/C14H17FN2O3/c1-2-14(13(19)20)6-3-7-17(14)11-5-4-9(12(16)18)8-10(11)15/h4-5,8H,2-3,6-7H2,1H3,(H2,16,18)(H,19,20). The molecule has 1 heterocycles. The van der Waals surface area contributed by atoms with Gasteiger partial charge in [0.1, 0.15) is 11.4 Å². The summed E-state index contributed by atoms with van der Waals surface area (Å²) in [4.78, 5) is 24.2. The molecule has 6 heteroatoms. The number of carbonyl (C=O) groups excluding carboxylic acids is 1. The minimum atomic E-state index is -1.07. The van der Waals surface area contributed by atoms with E-state index >= 15 is 0 Å². The Morgan fingerprint density at radius 2 is 2.20 bits per heavy atom.